The fourth-order valence-corrected chi connectivity index (χ4v) is 3.07. The number of nitrogens with zero attached hydrogens (tertiary/aromatic N) is 1. The van der Waals surface area contributed by atoms with Crippen molar-refractivity contribution in [3.05, 3.63) is 21.9 Å². The monoisotopic (exact) mass is 252 g/mol. The van der Waals surface area contributed by atoms with Crippen molar-refractivity contribution in [2.24, 2.45) is 5.92 Å². The van der Waals surface area contributed by atoms with Crippen LogP contribution >= 0.6 is 11.3 Å². The average molecular weight is 252 g/mol. The van der Waals surface area contributed by atoms with E-state index >= 15 is 0 Å². The van der Waals surface area contributed by atoms with Crippen LogP contribution in [0.15, 0.2) is 11.4 Å². The first kappa shape index (κ1) is 13.1. The van der Waals surface area contributed by atoms with Gasteiger partial charge in [0.1, 0.15) is 0 Å². The van der Waals surface area contributed by atoms with E-state index in [-0.39, 0.29) is 0 Å². The van der Waals surface area contributed by atoms with Crippen molar-refractivity contribution in [3.8, 4) is 0 Å². The van der Waals surface area contributed by atoms with Crippen molar-refractivity contribution >= 4 is 11.3 Å². The van der Waals surface area contributed by atoms with Gasteiger partial charge in [0.25, 0.3) is 0 Å². The molecule has 0 amide bonds. The first-order chi connectivity index (χ1) is 8.16. The van der Waals surface area contributed by atoms with E-state index in [1.54, 1.807) is 10.4 Å². The molecule has 0 fully saturated rings. The van der Waals surface area contributed by atoms with E-state index in [2.05, 4.69) is 42.4 Å². The molecule has 0 radical (unpaired) electrons. The molecule has 2 heterocycles. The molecule has 0 saturated carbocycles. The Hall–Kier alpha value is -0.380. The molecule has 3 heteroatoms. The van der Waals surface area contributed by atoms with Crippen LogP contribution in [0.1, 0.15) is 31.2 Å². The van der Waals surface area contributed by atoms with Crippen molar-refractivity contribution < 1.29 is 0 Å². The Bertz CT molecular complexity index is 346. The molecule has 17 heavy (non-hydrogen) atoms. The van der Waals surface area contributed by atoms with E-state index in [4.69, 9.17) is 0 Å². The lowest BCUT2D eigenvalue weighted by molar-refractivity contribution is 0.248. The Morgan fingerprint density at radius 3 is 3.00 bits per heavy atom. The molecule has 1 aromatic heterocycles. The van der Waals surface area contributed by atoms with Gasteiger partial charge < -0.3 is 5.32 Å². The zero-order chi connectivity index (χ0) is 12.3. The quantitative estimate of drug-likeness (QED) is 0.867. The predicted molar refractivity (Wildman–Crippen MR) is 75.6 cm³/mol. The van der Waals surface area contributed by atoms with E-state index in [1.165, 1.54) is 19.5 Å². The van der Waals surface area contributed by atoms with Gasteiger partial charge in [0.2, 0.25) is 0 Å². The molecule has 0 bridgehead atoms. The molecule has 2 rings (SSSR count). The molecule has 0 spiro atoms. The minimum Gasteiger partial charge on any atom is -0.313 e. The molecule has 0 aliphatic carbocycles. The fourth-order valence-electron chi connectivity index (χ4n) is 2.18. The maximum absolute atomic E-state index is 3.61. The first-order valence-corrected chi connectivity index (χ1v) is 7.55. The standard InChI is InChI=1S/C14H24N2S/c1-11(2)12(3)15-6-8-16-7-4-14-13(10-16)5-9-17-14/h5,9,11-12,15H,4,6-8,10H2,1-3H3. The summed E-state index contributed by atoms with van der Waals surface area (Å²) in [5.74, 6) is 0.722. The number of nitrogens with one attached hydrogen (secondary N) is 1. The van der Waals surface area contributed by atoms with Crippen LogP contribution < -0.4 is 5.32 Å². The van der Waals surface area contributed by atoms with Crippen molar-refractivity contribution in [3.63, 3.8) is 0 Å². The minimum absolute atomic E-state index is 0.622. The van der Waals surface area contributed by atoms with E-state index in [1.807, 2.05) is 11.3 Å². The molecular formula is C14H24N2S. The summed E-state index contributed by atoms with van der Waals surface area (Å²) in [6.45, 7) is 11.5. The smallest absolute Gasteiger partial charge is 0.0245 e. The van der Waals surface area contributed by atoms with Gasteiger partial charge in [0.15, 0.2) is 0 Å². The van der Waals surface area contributed by atoms with E-state index in [9.17, 15) is 0 Å². The van der Waals surface area contributed by atoms with E-state index < -0.39 is 0 Å². The number of hydrogen-bond donors (Lipinski definition) is 1. The lowest BCUT2D eigenvalue weighted by Gasteiger charge is -2.28. The SMILES string of the molecule is CC(C)C(C)NCCN1CCc2sccc2C1. The number of rotatable bonds is 5. The maximum Gasteiger partial charge on any atom is 0.0245 e. The van der Waals surface area contributed by atoms with Gasteiger partial charge in [-0.1, -0.05) is 13.8 Å². The third-order valence-corrected chi connectivity index (χ3v) is 4.80. The lowest BCUT2D eigenvalue weighted by Crippen LogP contribution is -2.39. The molecule has 0 saturated heterocycles. The zero-order valence-corrected chi connectivity index (χ0v) is 12.0. The van der Waals surface area contributed by atoms with Gasteiger partial charge in [-0.05, 0) is 36.3 Å². The summed E-state index contributed by atoms with van der Waals surface area (Å²) >= 11 is 1.92. The van der Waals surface area contributed by atoms with Crippen molar-refractivity contribution in [2.75, 3.05) is 19.6 Å². The van der Waals surface area contributed by atoms with Gasteiger partial charge in [0, 0.05) is 37.1 Å². The second-order valence-corrected chi connectivity index (χ2v) is 6.38. The molecule has 1 aliphatic heterocycles. The van der Waals surface area contributed by atoms with Crippen LogP contribution in [0.3, 0.4) is 0 Å². The summed E-state index contributed by atoms with van der Waals surface area (Å²) in [6.07, 6.45) is 1.24. The van der Waals surface area contributed by atoms with Crippen LogP contribution in [-0.2, 0) is 13.0 Å². The van der Waals surface area contributed by atoms with Crippen LogP contribution in [0, 0.1) is 5.92 Å². The highest BCUT2D eigenvalue weighted by Crippen LogP contribution is 2.23. The molecule has 1 aromatic rings. The summed E-state index contributed by atoms with van der Waals surface area (Å²) in [7, 11) is 0. The lowest BCUT2D eigenvalue weighted by atomic mass is 10.1. The van der Waals surface area contributed by atoms with Gasteiger partial charge >= 0.3 is 0 Å². The number of fused-ring (bicyclic) bond motifs is 1. The second-order valence-electron chi connectivity index (χ2n) is 5.38. The maximum atomic E-state index is 3.61. The fraction of sp³-hybridized carbons (Fsp3) is 0.714. The highest BCUT2D eigenvalue weighted by atomic mass is 32.1. The Morgan fingerprint density at radius 1 is 1.41 bits per heavy atom. The van der Waals surface area contributed by atoms with Crippen molar-refractivity contribution in [1.82, 2.24) is 10.2 Å². The Labute approximate surface area is 109 Å². The molecule has 1 unspecified atom stereocenters. The molecule has 2 nitrogen and oxygen atoms in total. The van der Waals surface area contributed by atoms with Crippen LogP contribution in [0.25, 0.3) is 0 Å². The summed E-state index contributed by atoms with van der Waals surface area (Å²) < 4.78 is 0. The van der Waals surface area contributed by atoms with Gasteiger partial charge in [-0.15, -0.1) is 11.3 Å². The predicted octanol–water partition coefficient (Wildman–Crippen LogP) is 2.74. The van der Waals surface area contributed by atoms with Crippen LogP contribution in [0.2, 0.25) is 0 Å². The molecule has 1 N–H and O–H groups in total. The topological polar surface area (TPSA) is 15.3 Å². The minimum atomic E-state index is 0.622. The van der Waals surface area contributed by atoms with Crippen molar-refractivity contribution in [2.45, 2.75) is 39.8 Å². The Kier molecular flexibility index (Phi) is 4.60. The Morgan fingerprint density at radius 2 is 2.24 bits per heavy atom. The van der Waals surface area contributed by atoms with Crippen LogP contribution in [0.5, 0.6) is 0 Å². The van der Waals surface area contributed by atoms with Gasteiger partial charge in [-0.2, -0.15) is 0 Å². The Balaban J connectivity index is 1.72. The zero-order valence-electron chi connectivity index (χ0n) is 11.2. The molecule has 0 aromatic carbocycles. The molecule has 1 aliphatic rings. The highest BCUT2D eigenvalue weighted by Gasteiger charge is 2.16. The third kappa shape index (κ3) is 3.54. The third-order valence-electron chi connectivity index (χ3n) is 3.78. The van der Waals surface area contributed by atoms with Crippen LogP contribution in [0.4, 0.5) is 0 Å². The van der Waals surface area contributed by atoms with Gasteiger partial charge in [0.05, 0.1) is 0 Å². The van der Waals surface area contributed by atoms with E-state index in [0.29, 0.717) is 6.04 Å². The van der Waals surface area contributed by atoms with Gasteiger partial charge in [-0.3, -0.25) is 4.90 Å². The first-order valence-electron chi connectivity index (χ1n) is 6.68. The summed E-state index contributed by atoms with van der Waals surface area (Å²) in [4.78, 5) is 4.17. The molecular weight excluding hydrogens is 228 g/mol. The summed E-state index contributed by atoms with van der Waals surface area (Å²) in [6, 6.07) is 2.91. The summed E-state index contributed by atoms with van der Waals surface area (Å²) in [5.41, 5.74) is 1.55. The number of hydrogen-bond acceptors (Lipinski definition) is 3. The molecule has 96 valence electrons. The normalized spacial score (nSPS) is 18.4. The second kappa shape index (κ2) is 5.98. The van der Waals surface area contributed by atoms with Gasteiger partial charge in [-0.25, -0.2) is 0 Å². The van der Waals surface area contributed by atoms with Crippen molar-refractivity contribution in [1.29, 1.82) is 0 Å². The summed E-state index contributed by atoms with van der Waals surface area (Å²) in [5, 5.41) is 5.84. The highest BCUT2D eigenvalue weighted by molar-refractivity contribution is 7.10. The molecule has 1 atom stereocenters. The average Bonchev–Trinajstić information content (AvgIpc) is 2.75. The number of thiophene rings is 1. The van der Waals surface area contributed by atoms with E-state index in [0.717, 1.165) is 19.0 Å². The largest absolute Gasteiger partial charge is 0.313 e. The van der Waals surface area contributed by atoms with Crippen LogP contribution in [-0.4, -0.2) is 30.6 Å².